The molecule has 2 amide bonds. The van der Waals surface area contributed by atoms with Gasteiger partial charge in [-0.15, -0.1) is 0 Å². The number of Topliss-reactive ketones (excluding diaryl/α,β-unsaturated/α-hetero) is 2. The summed E-state index contributed by atoms with van der Waals surface area (Å²) in [6.45, 7) is 0. The fourth-order valence-electron chi connectivity index (χ4n) is 2.34. The van der Waals surface area contributed by atoms with Gasteiger partial charge in [0.15, 0.2) is 11.6 Å². The second kappa shape index (κ2) is 7.95. The molecule has 0 aromatic heterocycles. The largest absolute Gasteiger partial charge is 0.294 e. The van der Waals surface area contributed by atoms with Gasteiger partial charge < -0.3 is 0 Å². The second-order valence-corrected chi connectivity index (χ2v) is 5.06. The van der Waals surface area contributed by atoms with E-state index in [2.05, 4.69) is 0 Å². The van der Waals surface area contributed by atoms with E-state index in [-0.39, 0.29) is 22.3 Å². The Labute approximate surface area is 143 Å². The van der Waals surface area contributed by atoms with Crippen LogP contribution in [0.4, 0.5) is 0 Å². The van der Waals surface area contributed by atoms with E-state index in [9.17, 15) is 19.2 Å². The molecule has 0 spiro atoms. The number of amides is 2. The predicted molar refractivity (Wildman–Crippen MR) is 89.5 cm³/mol. The third-order valence-corrected chi connectivity index (χ3v) is 3.53. The summed E-state index contributed by atoms with van der Waals surface area (Å²) in [6, 6.07) is 12.0. The Balaban J connectivity index is 2.30. The van der Waals surface area contributed by atoms with E-state index in [1.54, 1.807) is 24.3 Å². The normalized spacial score (nSPS) is 10.0. The molecule has 128 valence electrons. The Bertz CT molecular complexity index is 779. The van der Waals surface area contributed by atoms with Gasteiger partial charge in [-0.25, -0.2) is 11.7 Å². The zero-order valence-corrected chi connectivity index (χ0v) is 13.1. The topological polar surface area (TPSA) is 144 Å². The summed E-state index contributed by atoms with van der Waals surface area (Å²) < 4.78 is 0. The van der Waals surface area contributed by atoms with E-state index in [0.717, 1.165) is 0 Å². The van der Waals surface area contributed by atoms with E-state index < -0.39 is 29.8 Å². The summed E-state index contributed by atoms with van der Waals surface area (Å²) in [5, 5.41) is 0. The maximum atomic E-state index is 12.5. The smallest absolute Gasteiger partial charge is 0.265 e. The number of carbonyl (C=O) groups is 4. The molecular formula is C17H16N4O4. The van der Waals surface area contributed by atoms with Crippen molar-refractivity contribution in [1.29, 1.82) is 0 Å². The molecule has 0 fully saturated rings. The third kappa shape index (κ3) is 3.94. The van der Waals surface area contributed by atoms with Crippen LogP contribution in [-0.2, 0) is 0 Å². The van der Waals surface area contributed by atoms with Crippen molar-refractivity contribution >= 4 is 23.4 Å². The van der Waals surface area contributed by atoms with E-state index in [0.29, 0.717) is 0 Å². The number of nitrogen functional groups attached to an aromatic ring is 2. The van der Waals surface area contributed by atoms with Crippen molar-refractivity contribution in [3.63, 3.8) is 0 Å². The molecule has 0 bridgehead atoms. The summed E-state index contributed by atoms with van der Waals surface area (Å²) in [5.74, 6) is 7.79. The van der Waals surface area contributed by atoms with Crippen LogP contribution < -0.4 is 22.5 Å². The summed E-state index contributed by atoms with van der Waals surface area (Å²) in [4.78, 5) is 48.4. The van der Waals surface area contributed by atoms with Crippen molar-refractivity contribution in [3.8, 4) is 0 Å². The Hall–Kier alpha value is -3.36. The zero-order valence-electron chi connectivity index (χ0n) is 13.1. The molecule has 0 unspecified atom stereocenters. The molecule has 2 aromatic carbocycles. The van der Waals surface area contributed by atoms with Crippen LogP contribution in [0.25, 0.3) is 0 Å². The van der Waals surface area contributed by atoms with Gasteiger partial charge in [0.05, 0.1) is 17.5 Å². The Morgan fingerprint density at radius 2 is 0.960 bits per heavy atom. The second-order valence-electron chi connectivity index (χ2n) is 5.06. The standard InChI is InChI=1S/C17H16N4O4/c18-20-16(24)12-7-3-1-5-10(12)14(22)9-15(23)11-6-2-4-8-13(11)17(25)21-19/h1-8H,9,18-19H2,(H,20,24)(H,21,25). The van der Waals surface area contributed by atoms with Crippen molar-refractivity contribution in [2.75, 3.05) is 0 Å². The molecule has 6 N–H and O–H groups in total. The lowest BCUT2D eigenvalue weighted by atomic mass is 9.95. The first-order valence-corrected chi connectivity index (χ1v) is 7.26. The van der Waals surface area contributed by atoms with Crippen LogP contribution in [0, 0.1) is 0 Å². The molecular weight excluding hydrogens is 324 g/mol. The van der Waals surface area contributed by atoms with Gasteiger partial charge in [-0.2, -0.15) is 0 Å². The zero-order chi connectivity index (χ0) is 18.4. The number of benzene rings is 2. The fourth-order valence-corrected chi connectivity index (χ4v) is 2.34. The minimum absolute atomic E-state index is 0.0655. The molecule has 0 heterocycles. The average molecular weight is 340 g/mol. The molecule has 0 saturated heterocycles. The fraction of sp³-hybridized carbons (Fsp3) is 0.0588. The Kier molecular flexibility index (Phi) is 5.72. The van der Waals surface area contributed by atoms with Gasteiger partial charge in [0.1, 0.15) is 0 Å². The molecule has 8 heteroatoms. The number of hydrazine groups is 2. The minimum Gasteiger partial charge on any atom is -0.294 e. The van der Waals surface area contributed by atoms with Gasteiger partial charge in [-0.05, 0) is 12.1 Å². The van der Waals surface area contributed by atoms with Gasteiger partial charge in [-0.3, -0.25) is 30.0 Å². The highest BCUT2D eigenvalue weighted by Crippen LogP contribution is 2.16. The van der Waals surface area contributed by atoms with Gasteiger partial charge in [0, 0.05) is 11.1 Å². The van der Waals surface area contributed by atoms with E-state index >= 15 is 0 Å². The molecule has 25 heavy (non-hydrogen) atoms. The lowest BCUT2D eigenvalue weighted by molar-refractivity contribution is 0.0873. The van der Waals surface area contributed by atoms with Gasteiger partial charge in [-0.1, -0.05) is 36.4 Å². The first-order chi connectivity index (χ1) is 12.0. The van der Waals surface area contributed by atoms with Gasteiger partial charge >= 0.3 is 0 Å². The number of rotatable bonds is 6. The van der Waals surface area contributed by atoms with Crippen LogP contribution in [-0.4, -0.2) is 23.4 Å². The van der Waals surface area contributed by atoms with Crippen LogP contribution in [0.5, 0.6) is 0 Å². The monoisotopic (exact) mass is 340 g/mol. The predicted octanol–water partition coefficient (Wildman–Crippen LogP) is 0.349. The maximum Gasteiger partial charge on any atom is 0.265 e. The number of carbonyl (C=O) groups excluding carboxylic acids is 4. The van der Waals surface area contributed by atoms with Crippen LogP contribution in [0.1, 0.15) is 47.9 Å². The van der Waals surface area contributed by atoms with Gasteiger partial charge in [0.2, 0.25) is 0 Å². The molecule has 0 radical (unpaired) electrons. The molecule has 0 aliphatic heterocycles. The summed E-state index contributed by atoms with van der Waals surface area (Å²) >= 11 is 0. The van der Waals surface area contributed by atoms with Crippen LogP contribution >= 0.6 is 0 Å². The molecule has 0 atom stereocenters. The van der Waals surface area contributed by atoms with Gasteiger partial charge in [0.25, 0.3) is 11.8 Å². The van der Waals surface area contributed by atoms with Crippen molar-refractivity contribution in [3.05, 3.63) is 70.8 Å². The van der Waals surface area contributed by atoms with E-state index in [4.69, 9.17) is 11.7 Å². The van der Waals surface area contributed by atoms with Crippen LogP contribution in [0.2, 0.25) is 0 Å². The highest BCUT2D eigenvalue weighted by atomic mass is 16.2. The first-order valence-electron chi connectivity index (χ1n) is 7.26. The summed E-state index contributed by atoms with van der Waals surface area (Å²) in [7, 11) is 0. The van der Waals surface area contributed by atoms with Crippen molar-refractivity contribution in [2.24, 2.45) is 11.7 Å². The maximum absolute atomic E-state index is 12.5. The molecule has 2 rings (SSSR count). The highest BCUT2D eigenvalue weighted by molar-refractivity contribution is 6.19. The molecule has 8 nitrogen and oxygen atoms in total. The van der Waals surface area contributed by atoms with Crippen LogP contribution in [0.15, 0.2) is 48.5 Å². The number of ketones is 2. The highest BCUT2D eigenvalue weighted by Gasteiger charge is 2.22. The van der Waals surface area contributed by atoms with Crippen LogP contribution in [0.3, 0.4) is 0 Å². The number of nitrogens with one attached hydrogen (secondary N) is 2. The van der Waals surface area contributed by atoms with Crippen molar-refractivity contribution < 1.29 is 19.2 Å². The first kappa shape index (κ1) is 18.0. The lowest BCUT2D eigenvalue weighted by Gasteiger charge is -2.09. The van der Waals surface area contributed by atoms with E-state index in [1.165, 1.54) is 24.3 Å². The molecule has 2 aromatic rings. The quantitative estimate of drug-likeness (QED) is 0.196. The SMILES string of the molecule is NNC(=O)c1ccccc1C(=O)CC(=O)c1ccccc1C(=O)NN. The molecule has 0 aliphatic rings. The molecule has 0 aliphatic carbocycles. The summed E-state index contributed by atoms with van der Waals surface area (Å²) in [6.07, 6.45) is -0.510. The average Bonchev–Trinajstić information content (AvgIpc) is 2.66. The lowest BCUT2D eigenvalue weighted by Crippen LogP contribution is -2.32. The third-order valence-electron chi connectivity index (χ3n) is 3.53. The number of nitrogens with two attached hydrogens (primary N) is 2. The van der Waals surface area contributed by atoms with Crippen molar-refractivity contribution in [2.45, 2.75) is 6.42 Å². The minimum atomic E-state index is -0.640. The molecule has 0 saturated carbocycles. The van der Waals surface area contributed by atoms with E-state index in [1.807, 2.05) is 10.9 Å². The van der Waals surface area contributed by atoms with Crippen molar-refractivity contribution in [1.82, 2.24) is 10.9 Å². The number of hydrogen-bond acceptors (Lipinski definition) is 6. The number of hydrogen-bond donors (Lipinski definition) is 4. The summed E-state index contributed by atoms with van der Waals surface area (Å²) in [5.41, 5.74) is 4.17. The Morgan fingerprint density at radius 3 is 1.28 bits per heavy atom. The Morgan fingerprint density at radius 1 is 0.640 bits per heavy atom.